The van der Waals surface area contributed by atoms with Gasteiger partial charge >= 0.3 is 0 Å². The van der Waals surface area contributed by atoms with Crippen LogP contribution in [0.3, 0.4) is 0 Å². The van der Waals surface area contributed by atoms with E-state index in [1.807, 2.05) is 7.05 Å². The van der Waals surface area contributed by atoms with Gasteiger partial charge in [-0.25, -0.2) is 4.39 Å². The van der Waals surface area contributed by atoms with Gasteiger partial charge in [0.2, 0.25) is 0 Å². The van der Waals surface area contributed by atoms with Crippen LogP contribution in [0.2, 0.25) is 0 Å². The van der Waals surface area contributed by atoms with E-state index in [4.69, 9.17) is 0 Å². The van der Waals surface area contributed by atoms with Crippen LogP contribution in [0.5, 0.6) is 0 Å². The summed E-state index contributed by atoms with van der Waals surface area (Å²) in [6.45, 7) is 3.67. The third-order valence-electron chi connectivity index (χ3n) is 4.61. The summed E-state index contributed by atoms with van der Waals surface area (Å²) in [5, 5.41) is 0. The van der Waals surface area contributed by atoms with Gasteiger partial charge < -0.3 is 4.90 Å². The van der Waals surface area contributed by atoms with Crippen molar-refractivity contribution in [2.45, 2.75) is 12.3 Å². The average Bonchev–Trinajstić information content (AvgIpc) is 2.99. The predicted octanol–water partition coefficient (Wildman–Crippen LogP) is 1.11. The molecule has 3 rings (SSSR count). The maximum Gasteiger partial charge on any atom is 0.282 e. The summed E-state index contributed by atoms with van der Waals surface area (Å²) in [6.07, 6.45) is 0.790. The first-order chi connectivity index (χ1) is 10.5. The molecule has 0 aliphatic carbocycles. The number of nitrogens with zero attached hydrogens (tertiary/aromatic N) is 3. The standard InChI is InChI=1S/C15H22FN3O2S/c1-17-8-10-18(11-9-17)22(20,21)19-7-6-14(12-19)13-2-4-15(16)5-3-13/h2-5,14H,6-12H2,1H3. The van der Waals surface area contributed by atoms with E-state index in [9.17, 15) is 12.8 Å². The summed E-state index contributed by atoms with van der Waals surface area (Å²) in [5.41, 5.74) is 1.01. The van der Waals surface area contributed by atoms with Gasteiger partial charge in [0.05, 0.1) is 0 Å². The predicted molar refractivity (Wildman–Crippen MR) is 83.3 cm³/mol. The molecular formula is C15H22FN3O2S. The molecule has 0 amide bonds. The molecule has 0 bridgehead atoms. The van der Waals surface area contributed by atoms with E-state index in [-0.39, 0.29) is 11.7 Å². The zero-order valence-electron chi connectivity index (χ0n) is 12.8. The molecule has 0 saturated carbocycles. The molecule has 1 aromatic carbocycles. The SMILES string of the molecule is CN1CCN(S(=O)(=O)N2CCC(c3ccc(F)cc3)C2)CC1. The third kappa shape index (κ3) is 3.17. The number of piperazine rings is 1. The van der Waals surface area contributed by atoms with Crippen LogP contribution in [0.15, 0.2) is 24.3 Å². The van der Waals surface area contributed by atoms with E-state index in [2.05, 4.69) is 4.90 Å². The smallest absolute Gasteiger partial charge is 0.282 e. The Balaban J connectivity index is 1.67. The molecular weight excluding hydrogens is 305 g/mol. The quantitative estimate of drug-likeness (QED) is 0.835. The van der Waals surface area contributed by atoms with E-state index in [1.165, 1.54) is 12.1 Å². The summed E-state index contributed by atoms with van der Waals surface area (Å²) < 4.78 is 41.6. The largest absolute Gasteiger partial charge is 0.304 e. The molecule has 0 N–H and O–H groups in total. The Morgan fingerprint density at radius 1 is 1.00 bits per heavy atom. The fourth-order valence-electron chi connectivity index (χ4n) is 3.13. The monoisotopic (exact) mass is 327 g/mol. The number of benzene rings is 1. The van der Waals surface area contributed by atoms with E-state index in [0.717, 1.165) is 25.1 Å². The van der Waals surface area contributed by atoms with Crippen molar-refractivity contribution < 1.29 is 12.8 Å². The molecule has 1 unspecified atom stereocenters. The van der Waals surface area contributed by atoms with Crippen LogP contribution >= 0.6 is 0 Å². The van der Waals surface area contributed by atoms with E-state index in [0.29, 0.717) is 26.2 Å². The average molecular weight is 327 g/mol. The van der Waals surface area contributed by atoms with Gasteiger partial charge in [0.15, 0.2) is 0 Å². The first kappa shape index (κ1) is 15.9. The van der Waals surface area contributed by atoms with Crippen LogP contribution in [0, 0.1) is 5.82 Å². The van der Waals surface area contributed by atoms with Gasteiger partial charge in [-0.1, -0.05) is 12.1 Å². The minimum atomic E-state index is -3.37. The molecule has 1 atom stereocenters. The van der Waals surface area contributed by atoms with Gasteiger partial charge in [0, 0.05) is 39.3 Å². The molecule has 0 aromatic heterocycles. The maximum absolute atomic E-state index is 13.0. The van der Waals surface area contributed by atoms with Crippen LogP contribution in [-0.2, 0) is 10.2 Å². The van der Waals surface area contributed by atoms with Gasteiger partial charge in [-0.3, -0.25) is 0 Å². The molecule has 2 saturated heterocycles. The topological polar surface area (TPSA) is 43.9 Å². The summed E-state index contributed by atoms with van der Waals surface area (Å²) in [6, 6.07) is 6.39. The lowest BCUT2D eigenvalue weighted by Crippen LogP contribution is -2.51. The van der Waals surface area contributed by atoms with Crippen LogP contribution in [0.4, 0.5) is 4.39 Å². The van der Waals surface area contributed by atoms with Crippen LogP contribution in [-0.4, -0.2) is 68.2 Å². The molecule has 1 aromatic rings. The summed E-state index contributed by atoms with van der Waals surface area (Å²) in [4.78, 5) is 2.14. The number of halogens is 1. The van der Waals surface area contributed by atoms with E-state index >= 15 is 0 Å². The normalized spacial score (nSPS) is 25.6. The van der Waals surface area contributed by atoms with E-state index in [1.54, 1.807) is 20.7 Å². The number of hydrogen-bond acceptors (Lipinski definition) is 3. The third-order valence-corrected chi connectivity index (χ3v) is 6.61. The maximum atomic E-state index is 13.0. The highest BCUT2D eigenvalue weighted by Gasteiger charge is 2.36. The molecule has 2 fully saturated rings. The lowest BCUT2D eigenvalue weighted by molar-refractivity contribution is 0.214. The van der Waals surface area contributed by atoms with Crippen LogP contribution < -0.4 is 0 Å². The molecule has 5 nitrogen and oxygen atoms in total. The molecule has 2 heterocycles. The van der Waals surface area contributed by atoms with Crippen LogP contribution in [0.25, 0.3) is 0 Å². The Morgan fingerprint density at radius 3 is 2.27 bits per heavy atom. The highest BCUT2D eigenvalue weighted by molar-refractivity contribution is 7.86. The fourth-order valence-corrected chi connectivity index (χ4v) is 4.78. The first-order valence-electron chi connectivity index (χ1n) is 7.66. The van der Waals surface area contributed by atoms with Gasteiger partial charge in [0.1, 0.15) is 5.82 Å². The summed E-state index contributed by atoms with van der Waals surface area (Å²) >= 11 is 0. The number of rotatable bonds is 3. The van der Waals surface area contributed by atoms with Crippen molar-refractivity contribution >= 4 is 10.2 Å². The lowest BCUT2D eigenvalue weighted by Gasteiger charge is -2.34. The zero-order valence-corrected chi connectivity index (χ0v) is 13.6. The second-order valence-electron chi connectivity index (χ2n) is 6.11. The Kier molecular flexibility index (Phi) is 4.49. The Morgan fingerprint density at radius 2 is 1.64 bits per heavy atom. The van der Waals surface area contributed by atoms with Crippen molar-refractivity contribution in [2.75, 3.05) is 46.3 Å². The highest BCUT2D eigenvalue weighted by atomic mass is 32.2. The van der Waals surface area contributed by atoms with Crippen molar-refractivity contribution in [1.82, 2.24) is 13.5 Å². The summed E-state index contributed by atoms with van der Waals surface area (Å²) in [5.74, 6) is -0.105. The second-order valence-corrected chi connectivity index (χ2v) is 8.03. The van der Waals surface area contributed by atoms with Crippen LogP contribution in [0.1, 0.15) is 17.9 Å². The Labute approximate surface area is 131 Å². The molecule has 0 radical (unpaired) electrons. The number of likely N-dealkylation sites (N-methyl/N-ethyl adjacent to an activating group) is 1. The number of hydrogen-bond donors (Lipinski definition) is 0. The Bertz CT molecular complexity index is 612. The lowest BCUT2D eigenvalue weighted by atomic mass is 9.99. The molecule has 7 heteroatoms. The van der Waals surface area contributed by atoms with Gasteiger partial charge in [0.25, 0.3) is 10.2 Å². The van der Waals surface area contributed by atoms with Gasteiger partial charge in [-0.15, -0.1) is 0 Å². The van der Waals surface area contributed by atoms with E-state index < -0.39 is 10.2 Å². The first-order valence-corrected chi connectivity index (χ1v) is 9.06. The molecule has 122 valence electrons. The van der Waals surface area contributed by atoms with Gasteiger partial charge in [-0.2, -0.15) is 17.0 Å². The van der Waals surface area contributed by atoms with Gasteiger partial charge in [-0.05, 0) is 37.1 Å². The molecule has 0 spiro atoms. The Hall–Kier alpha value is -1.02. The van der Waals surface area contributed by atoms with Crippen molar-refractivity contribution in [3.05, 3.63) is 35.6 Å². The molecule has 2 aliphatic heterocycles. The fraction of sp³-hybridized carbons (Fsp3) is 0.600. The highest BCUT2D eigenvalue weighted by Crippen LogP contribution is 2.30. The minimum Gasteiger partial charge on any atom is -0.304 e. The second kappa shape index (κ2) is 6.23. The minimum absolute atomic E-state index is 0.155. The molecule has 2 aliphatic rings. The zero-order chi connectivity index (χ0) is 15.7. The van der Waals surface area contributed by atoms with Crippen molar-refractivity contribution in [3.8, 4) is 0 Å². The summed E-state index contributed by atoms with van der Waals surface area (Å²) in [7, 11) is -1.36. The van der Waals surface area contributed by atoms with Crippen molar-refractivity contribution in [1.29, 1.82) is 0 Å². The molecule has 22 heavy (non-hydrogen) atoms. The van der Waals surface area contributed by atoms with Crippen molar-refractivity contribution in [3.63, 3.8) is 0 Å². The van der Waals surface area contributed by atoms with Crippen molar-refractivity contribution in [2.24, 2.45) is 0 Å².